The molecule has 1 aliphatic rings. The zero-order valence-corrected chi connectivity index (χ0v) is 17.5. The highest BCUT2D eigenvalue weighted by molar-refractivity contribution is 7.89. The van der Waals surface area contributed by atoms with Crippen LogP contribution in [-0.2, 0) is 21.2 Å². The maximum atomic E-state index is 13.2. The summed E-state index contributed by atoms with van der Waals surface area (Å²) < 4.78 is 33.0. The Labute approximate surface area is 166 Å². The summed E-state index contributed by atoms with van der Waals surface area (Å²) in [6, 6.07) is 12.8. The van der Waals surface area contributed by atoms with Crippen molar-refractivity contribution < 1.29 is 17.9 Å². The van der Waals surface area contributed by atoms with E-state index in [9.17, 15) is 13.2 Å². The molecule has 6 nitrogen and oxygen atoms in total. The van der Waals surface area contributed by atoms with Gasteiger partial charge in [0.05, 0.1) is 13.7 Å². The van der Waals surface area contributed by atoms with Gasteiger partial charge in [0.1, 0.15) is 10.6 Å². The summed E-state index contributed by atoms with van der Waals surface area (Å²) in [5.74, 6) is 0.0471. The number of anilines is 1. The van der Waals surface area contributed by atoms with Gasteiger partial charge in [-0.05, 0) is 49.6 Å². The molecule has 0 saturated heterocycles. The summed E-state index contributed by atoms with van der Waals surface area (Å²) in [4.78, 5) is 14.9. The van der Waals surface area contributed by atoms with Crippen molar-refractivity contribution in [3.8, 4) is 5.75 Å². The molecule has 3 rings (SSSR count). The van der Waals surface area contributed by atoms with E-state index in [4.69, 9.17) is 4.74 Å². The number of methoxy groups -OCH3 is 1. The van der Waals surface area contributed by atoms with E-state index < -0.39 is 10.0 Å². The average Bonchev–Trinajstić information content (AvgIpc) is 3.01. The van der Waals surface area contributed by atoms with E-state index in [1.165, 1.54) is 11.4 Å². The lowest BCUT2D eigenvalue weighted by Gasteiger charge is -2.27. The molecule has 2 aromatic rings. The number of para-hydroxylation sites is 1. The van der Waals surface area contributed by atoms with Crippen molar-refractivity contribution in [2.24, 2.45) is 0 Å². The third kappa shape index (κ3) is 3.64. The van der Waals surface area contributed by atoms with Gasteiger partial charge in [-0.15, -0.1) is 0 Å². The summed E-state index contributed by atoms with van der Waals surface area (Å²) in [5, 5.41) is 0. The molecule has 0 radical (unpaired) electrons. The molecule has 1 atom stereocenters. The van der Waals surface area contributed by atoms with Crippen LogP contribution in [0.5, 0.6) is 5.75 Å². The highest BCUT2D eigenvalue weighted by Crippen LogP contribution is 2.33. The van der Waals surface area contributed by atoms with E-state index in [0.29, 0.717) is 0 Å². The third-order valence-corrected chi connectivity index (χ3v) is 7.02. The van der Waals surface area contributed by atoms with Gasteiger partial charge in [-0.2, -0.15) is 4.31 Å². The number of aryl methyl sites for hydroxylation is 1. The average molecular weight is 403 g/mol. The van der Waals surface area contributed by atoms with E-state index in [2.05, 4.69) is 0 Å². The molecule has 0 spiro atoms. The summed E-state index contributed by atoms with van der Waals surface area (Å²) >= 11 is 0. The minimum atomic E-state index is -3.88. The van der Waals surface area contributed by atoms with Crippen molar-refractivity contribution in [2.45, 2.75) is 38.1 Å². The van der Waals surface area contributed by atoms with E-state index in [1.54, 1.807) is 30.0 Å². The maximum absolute atomic E-state index is 13.2. The number of carbonyl (C=O) groups is 1. The van der Waals surface area contributed by atoms with Gasteiger partial charge in [-0.25, -0.2) is 8.42 Å². The monoisotopic (exact) mass is 402 g/mol. The van der Waals surface area contributed by atoms with E-state index >= 15 is 0 Å². The molecule has 0 aliphatic carbocycles. The Hall–Kier alpha value is -2.38. The zero-order chi connectivity index (χ0) is 20.5. The van der Waals surface area contributed by atoms with Crippen LogP contribution in [0.2, 0.25) is 0 Å². The van der Waals surface area contributed by atoms with Crippen LogP contribution in [0.3, 0.4) is 0 Å². The fourth-order valence-corrected chi connectivity index (χ4v) is 5.30. The molecule has 1 heterocycles. The van der Waals surface area contributed by atoms with Crippen molar-refractivity contribution in [1.82, 2.24) is 4.31 Å². The summed E-state index contributed by atoms with van der Waals surface area (Å²) in [5.41, 5.74) is 2.78. The molecule has 2 aromatic carbocycles. The van der Waals surface area contributed by atoms with Gasteiger partial charge < -0.3 is 9.64 Å². The second kappa shape index (κ2) is 7.93. The van der Waals surface area contributed by atoms with Crippen molar-refractivity contribution in [2.75, 3.05) is 25.1 Å². The standard InChI is InChI=1S/C21H26N2O4S/c1-5-22(28(25,26)20-12-15(2)10-11-19(20)27-4)14-21(24)23-16(3)13-17-8-6-7-9-18(17)23/h6-12,16H,5,13-14H2,1-4H3/t16-/m0/s1. The minimum absolute atomic E-state index is 0.000170. The predicted octanol–water partition coefficient (Wildman–Crippen LogP) is 2.99. The number of fused-ring (bicyclic) bond motifs is 1. The van der Waals surface area contributed by atoms with Gasteiger partial charge in [0.25, 0.3) is 0 Å². The summed E-state index contributed by atoms with van der Waals surface area (Å²) in [7, 11) is -2.44. The summed E-state index contributed by atoms with van der Waals surface area (Å²) in [6.45, 7) is 5.51. The number of ether oxygens (including phenoxy) is 1. The molecular weight excluding hydrogens is 376 g/mol. The second-order valence-corrected chi connectivity index (χ2v) is 8.94. The van der Waals surface area contributed by atoms with E-state index in [-0.39, 0.29) is 35.7 Å². The molecule has 0 fully saturated rings. The second-order valence-electron chi connectivity index (χ2n) is 7.03. The number of hydrogen-bond acceptors (Lipinski definition) is 4. The topological polar surface area (TPSA) is 66.9 Å². The van der Waals surface area contributed by atoms with Crippen LogP contribution in [0.1, 0.15) is 25.0 Å². The highest BCUT2D eigenvalue weighted by Gasteiger charge is 2.34. The number of sulfonamides is 1. The largest absolute Gasteiger partial charge is 0.495 e. The maximum Gasteiger partial charge on any atom is 0.247 e. The van der Waals surface area contributed by atoms with Crippen LogP contribution in [0.25, 0.3) is 0 Å². The van der Waals surface area contributed by atoms with Crippen LogP contribution < -0.4 is 9.64 Å². The number of hydrogen-bond donors (Lipinski definition) is 0. The molecule has 0 aromatic heterocycles. The van der Waals surface area contributed by atoms with Crippen molar-refractivity contribution in [1.29, 1.82) is 0 Å². The molecule has 1 aliphatic heterocycles. The number of amides is 1. The molecule has 0 N–H and O–H groups in total. The first-order chi connectivity index (χ1) is 13.3. The molecule has 0 unspecified atom stereocenters. The number of likely N-dealkylation sites (N-methyl/N-ethyl adjacent to an activating group) is 1. The summed E-state index contributed by atoms with van der Waals surface area (Å²) in [6.07, 6.45) is 0.770. The third-order valence-electron chi connectivity index (χ3n) is 5.08. The first-order valence-corrected chi connectivity index (χ1v) is 10.8. The fraction of sp³-hybridized carbons (Fsp3) is 0.381. The Morgan fingerprint density at radius 3 is 2.64 bits per heavy atom. The zero-order valence-electron chi connectivity index (χ0n) is 16.7. The van der Waals surface area contributed by atoms with E-state index in [1.807, 2.05) is 38.1 Å². The first kappa shape index (κ1) is 20.4. The SMILES string of the molecule is CCN(CC(=O)N1c2ccccc2C[C@@H]1C)S(=O)(=O)c1cc(C)ccc1OC. The smallest absolute Gasteiger partial charge is 0.247 e. The quantitative estimate of drug-likeness (QED) is 0.745. The van der Waals surface area contributed by atoms with Crippen LogP contribution in [0.15, 0.2) is 47.4 Å². The lowest BCUT2D eigenvalue weighted by atomic mass is 10.1. The Kier molecular flexibility index (Phi) is 5.76. The molecule has 0 saturated carbocycles. The number of benzene rings is 2. The fourth-order valence-electron chi connectivity index (χ4n) is 3.66. The Balaban J connectivity index is 1.90. The lowest BCUT2D eigenvalue weighted by Crippen LogP contribution is -2.45. The molecule has 150 valence electrons. The van der Waals surface area contributed by atoms with Gasteiger partial charge in [0.2, 0.25) is 15.9 Å². The lowest BCUT2D eigenvalue weighted by molar-refractivity contribution is -0.119. The number of rotatable bonds is 6. The van der Waals surface area contributed by atoms with E-state index in [0.717, 1.165) is 23.2 Å². The molecular formula is C21H26N2O4S. The normalized spacial score (nSPS) is 16.3. The van der Waals surface area contributed by atoms with Crippen LogP contribution >= 0.6 is 0 Å². The van der Waals surface area contributed by atoms with Gasteiger partial charge in [-0.3, -0.25) is 4.79 Å². The van der Waals surface area contributed by atoms with Gasteiger partial charge in [-0.1, -0.05) is 31.2 Å². The molecule has 7 heteroatoms. The molecule has 28 heavy (non-hydrogen) atoms. The Morgan fingerprint density at radius 1 is 1.25 bits per heavy atom. The predicted molar refractivity (Wildman–Crippen MR) is 109 cm³/mol. The minimum Gasteiger partial charge on any atom is -0.495 e. The Morgan fingerprint density at radius 2 is 1.96 bits per heavy atom. The molecule has 0 bridgehead atoms. The first-order valence-electron chi connectivity index (χ1n) is 9.34. The van der Waals surface area contributed by atoms with Crippen molar-refractivity contribution >= 4 is 21.6 Å². The van der Waals surface area contributed by atoms with Gasteiger partial charge in [0, 0.05) is 18.3 Å². The highest BCUT2D eigenvalue weighted by atomic mass is 32.2. The van der Waals surface area contributed by atoms with Crippen molar-refractivity contribution in [3.63, 3.8) is 0 Å². The Bertz CT molecular complexity index is 988. The number of nitrogens with zero attached hydrogens (tertiary/aromatic N) is 2. The molecule has 1 amide bonds. The van der Waals surface area contributed by atoms with Crippen molar-refractivity contribution in [3.05, 3.63) is 53.6 Å². The van der Waals surface area contributed by atoms with Gasteiger partial charge in [0.15, 0.2) is 0 Å². The van der Waals surface area contributed by atoms with Crippen LogP contribution in [0, 0.1) is 6.92 Å². The van der Waals surface area contributed by atoms with Crippen LogP contribution in [0.4, 0.5) is 5.69 Å². The number of carbonyl (C=O) groups excluding carboxylic acids is 1. The van der Waals surface area contributed by atoms with Crippen LogP contribution in [-0.4, -0.2) is 44.9 Å². The van der Waals surface area contributed by atoms with Gasteiger partial charge >= 0.3 is 0 Å².